The van der Waals surface area contributed by atoms with Gasteiger partial charge < -0.3 is 9.47 Å². The number of ether oxygens (including phenoxy) is 2. The van der Waals surface area contributed by atoms with Crippen molar-refractivity contribution in [2.45, 2.75) is 38.6 Å². The van der Waals surface area contributed by atoms with E-state index in [0.29, 0.717) is 26.0 Å². The van der Waals surface area contributed by atoms with E-state index in [1.807, 2.05) is 13.8 Å². The maximum Gasteiger partial charge on any atom is 0.216 e. The highest BCUT2D eigenvalue weighted by molar-refractivity contribution is 5.68. The van der Waals surface area contributed by atoms with Crippen LogP contribution in [-0.4, -0.2) is 42.8 Å². The van der Waals surface area contributed by atoms with Gasteiger partial charge in [-0.1, -0.05) is 0 Å². The number of amides is 2. The first-order valence-corrected chi connectivity index (χ1v) is 5.05. The quantitative estimate of drug-likeness (QED) is 0.606. The molecule has 1 heterocycles. The summed E-state index contributed by atoms with van der Waals surface area (Å²) in [4.78, 5) is 21.7. The van der Waals surface area contributed by atoms with Gasteiger partial charge in [-0.25, -0.2) is 0 Å². The average molecular weight is 215 g/mol. The standard InChI is InChI=1S/C10H17NO4/c1-10(2)14-6-9(15-10)4-3-5-11(7-12)8-13/h7-9H,3-6H2,1-2H3. The van der Waals surface area contributed by atoms with E-state index in [-0.39, 0.29) is 6.10 Å². The Morgan fingerprint density at radius 2 is 2.07 bits per heavy atom. The molecule has 0 aromatic rings. The van der Waals surface area contributed by atoms with Crippen molar-refractivity contribution in [2.24, 2.45) is 0 Å². The lowest BCUT2D eigenvalue weighted by Crippen LogP contribution is -2.24. The number of hydrogen-bond donors (Lipinski definition) is 0. The molecule has 0 aliphatic carbocycles. The summed E-state index contributed by atoms with van der Waals surface area (Å²) >= 11 is 0. The second kappa shape index (κ2) is 5.23. The summed E-state index contributed by atoms with van der Waals surface area (Å²) in [5, 5.41) is 0. The molecule has 1 fully saturated rings. The summed E-state index contributed by atoms with van der Waals surface area (Å²) in [6, 6.07) is 0. The van der Waals surface area contributed by atoms with Gasteiger partial charge in [-0.2, -0.15) is 0 Å². The molecule has 0 N–H and O–H groups in total. The van der Waals surface area contributed by atoms with Crippen LogP contribution in [0.3, 0.4) is 0 Å². The summed E-state index contributed by atoms with van der Waals surface area (Å²) in [6.45, 7) is 4.76. The van der Waals surface area contributed by atoms with Crippen molar-refractivity contribution in [1.29, 1.82) is 0 Å². The van der Waals surface area contributed by atoms with Gasteiger partial charge in [-0.05, 0) is 26.7 Å². The maximum absolute atomic E-state index is 10.3. The lowest BCUT2D eigenvalue weighted by molar-refractivity contribution is -0.139. The highest BCUT2D eigenvalue weighted by atomic mass is 16.7. The Labute approximate surface area is 89.3 Å². The normalized spacial score (nSPS) is 23.7. The van der Waals surface area contributed by atoms with E-state index in [0.717, 1.165) is 17.7 Å². The highest BCUT2D eigenvalue weighted by Crippen LogP contribution is 2.24. The van der Waals surface area contributed by atoms with Crippen molar-refractivity contribution in [1.82, 2.24) is 4.90 Å². The lowest BCUT2D eigenvalue weighted by atomic mass is 10.2. The van der Waals surface area contributed by atoms with E-state index >= 15 is 0 Å². The van der Waals surface area contributed by atoms with Crippen LogP contribution >= 0.6 is 0 Å². The van der Waals surface area contributed by atoms with Gasteiger partial charge in [0.2, 0.25) is 12.8 Å². The van der Waals surface area contributed by atoms with Crippen LogP contribution in [0.2, 0.25) is 0 Å². The smallest absolute Gasteiger partial charge is 0.216 e. The number of carbonyl (C=O) groups is 2. The monoisotopic (exact) mass is 215 g/mol. The van der Waals surface area contributed by atoms with E-state index in [9.17, 15) is 9.59 Å². The molecule has 1 unspecified atom stereocenters. The number of carbonyl (C=O) groups excluding carboxylic acids is 2. The highest BCUT2D eigenvalue weighted by Gasteiger charge is 2.31. The van der Waals surface area contributed by atoms with Crippen LogP contribution in [0.4, 0.5) is 0 Å². The zero-order valence-electron chi connectivity index (χ0n) is 9.14. The minimum absolute atomic E-state index is 0.0696. The molecule has 86 valence electrons. The van der Waals surface area contributed by atoms with Gasteiger partial charge in [0.25, 0.3) is 0 Å². The van der Waals surface area contributed by atoms with Gasteiger partial charge in [-0.15, -0.1) is 0 Å². The number of nitrogens with zero attached hydrogens (tertiary/aromatic N) is 1. The minimum atomic E-state index is -0.500. The molecule has 5 nitrogen and oxygen atoms in total. The predicted molar refractivity (Wildman–Crippen MR) is 53.0 cm³/mol. The molecular weight excluding hydrogens is 198 g/mol. The van der Waals surface area contributed by atoms with Crippen LogP contribution in [0.25, 0.3) is 0 Å². The minimum Gasteiger partial charge on any atom is -0.348 e. The van der Waals surface area contributed by atoms with Crippen molar-refractivity contribution in [3.63, 3.8) is 0 Å². The van der Waals surface area contributed by atoms with E-state index in [4.69, 9.17) is 9.47 Å². The molecule has 0 radical (unpaired) electrons. The largest absolute Gasteiger partial charge is 0.348 e. The number of hydrogen-bond acceptors (Lipinski definition) is 4. The molecule has 15 heavy (non-hydrogen) atoms. The topological polar surface area (TPSA) is 55.8 Å². The molecule has 1 atom stereocenters. The second-order valence-corrected chi connectivity index (χ2v) is 4.04. The first kappa shape index (κ1) is 12.1. The molecule has 1 aliphatic rings. The third kappa shape index (κ3) is 3.97. The van der Waals surface area contributed by atoms with Crippen LogP contribution in [0.1, 0.15) is 26.7 Å². The fourth-order valence-corrected chi connectivity index (χ4v) is 1.54. The van der Waals surface area contributed by atoms with Crippen LogP contribution < -0.4 is 0 Å². The zero-order chi connectivity index (χ0) is 11.3. The Bertz CT molecular complexity index is 221. The van der Waals surface area contributed by atoms with Crippen molar-refractivity contribution in [2.75, 3.05) is 13.2 Å². The predicted octanol–water partition coefficient (Wildman–Crippen LogP) is 0.533. The van der Waals surface area contributed by atoms with E-state index < -0.39 is 5.79 Å². The van der Waals surface area contributed by atoms with Crippen molar-refractivity contribution >= 4 is 12.8 Å². The van der Waals surface area contributed by atoms with Crippen molar-refractivity contribution in [3.05, 3.63) is 0 Å². The Morgan fingerprint density at radius 3 is 2.53 bits per heavy atom. The molecular formula is C10H17NO4. The van der Waals surface area contributed by atoms with Gasteiger partial charge in [0.05, 0.1) is 12.7 Å². The third-order valence-corrected chi connectivity index (χ3v) is 2.28. The first-order valence-electron chi connectivity index (χ1n) is 5.05. The summed E-state index contributed by atoms with van der Waals surface area (Å²) in [5.74, 6) is -0.500. The first-order chi connectivity index (χ1) is 7.07. The van der Waals surface area contributed by atoms with Gasteiger partial charge in [0.1, 0.15) is 0 Å². The maximum atomic E-state index is 10.3. The molecule has 2 amide bonds. The van der Waals surface area contributed by atoms with Crippen LogP contribution in [0.15, 0.2) is 0 Å². The van der Waals surface area contributed by atoms with Crippen molar-refractivity contribution in [3.8, 4) is 0 Å². The summed E-state index contributed by atoms with van der Waals surface area (Å²) in [7, 11) is 0. The van der Waals surface area contributed by atoms with E-state index in [2.05, 4.69) is 0 Å². The third-order valence-electron chi connectivity index (χ3n) is 2.28. The summed E-state index contributed by atoms with van der Waals surface area (Å²) < 4.78 is 11.0. The Balaban J connectivity index is 2.16. The van der Waals surface area contributed by atoms with E-state index in [1.54, 1.807) is 0 Å². The summed E-state index contributed by atoms with van der Waals surface area (Å²) in [6.07, 6.45) is 2.66. The molecule has 1 rings (SSSR count). The second-order valence-electron chi connectivity index (χ2n) is 4.04. The van der Waals surface area contributed by atoms with Gasteiger partial charge in [0, 0.05) is 6.54 Å². The molecule has 0 aromatic heterocycles. The SMILES string of the molecule is CC1(C)OCC(CCCN(C=O)C=O)O1. The molecule has 0 aromatic carbocycles. The fraction of sp³-hybridized carbons (Fsp3) is 0.800. The Morgan fingerprint density at radius 1 is 1.40 bits per heavy atom. The Hall–Kier alpha value is -0.940. The van der Waals surface area contributed by atoms with Gasteiger partial charge in [0.15, 0.2) is 5.79 Å². The molecule has 1 saturated heterocycles. The fourth-order valence-electron chi connectivity index (χ4n) is 1.54. The molecule has 5 heteroatoms. The number of rotatable bonds is 6. The average Bonchev–Trinajstić information content (AvgIpc) is 2.53. The Kier molecular flexibility index (Phi) is 4.23. The lowest BCUT2D eigenvalue weighted by Gasteiger charge is -2.17. The van der Waals surface area contributed by atoms with Gasteiger partial charge >= 0.3 is 0 Å². The van der Waals surface area contributed by atoms with Crippen LogP contribution in [0, 0.1) is 0 Å². The van der Waals surface area contributed by atoms with Crippen LogP contribution in [0.5, 0.6) is 0 Å². The van der Waals surface area contributed by atoms with Gasteiger partial charge in [-0.3, -0.25) is 14.5 Å². The van der Waals surface area contributed by atoms with Crippen molar-refractivity contribution < 1.29 is 19.1 Å². The molecule has 0 spiro atoms. The molecule has 0 bridgehead atoms. The number of imide groups is 1. The summed E-state index contributed by atoms with van der Waals surface area (Å²) in [5.41, 5.74) is 0. The van der Waals surface area contributed by atoms with Crippen LogP contribution in [-0.2, 0) is 19.1 Å². The van der Waals surface area contributed by atoms with E-state index in [1.165, 1.54) is 0 Å². The zero-order valence-corrected chi connectivity index (χ0v) is 9.14. The molecule has 0 saturated carbocycles. The molecule has 1 aliphatic heterocycles.